The van der Waals surface area contributed by atoms with Gasteiger partial charge in [-0.25, -0.2) is 4.98 Å². The molecule has 4 nitrogen and oxygen atoms in total. The number of hydrogen-bond acceptors (Lipinski definition) is 2. The second-order valence-corrected chi connectivity index (χ2v) is 3.94. The van der Waals surface area contributed by atoms with E-state index in [1.165, 1.54) is 11.1 Å². The summed E-state index contributed by atoms with van der Waals surface area (Å²) in [5.41, 5.74) is 4.19. The molecular weight excluding hydrogens is 200 g/mol. The molecule has 0 aliphatic carbocycles. The molecule has 0 saturated heterocycles. The summed E-state index contributed by atoms with van der Waals surface area (Å²) in [6.07, 6.45) is 3.63. The molecule has 0 aliphatic rings. The minimum absolute atomic E-state index is 0.947. The zero-order chi connectivity index (χ0) is 11.1. The molecule has 16 heavy (non-hydrogen) atoms. The Labute approximate surface area is 92.9 Å². The van der Waals surface area contributed by atoms with Gasteiger partial charge >= 0.3 is 0 Å². The van der Waals surface area contributed by atoms with Gasteiger partial charge in [-0.15, -0.1) is 0 Å². The summed E-state index contributed by atoms with van der Waals surface area (Å²) in [6.45, 7) is 2.08. The topological polar surface area (TPSA) is 46.5 Å². The predicted molar refractivity (Wildman–Crippen MR) is 63.0 cm³/mol. The number of aromatic amines is 1. The lowest BCUT2D eigenvalue weighted by Crippen LogP contribution is -1.92. The van der Waals surface area contributed by atoms with Crippen molar-refractivity contribution in [1.29, 1.82) is 0 Å². The Balaban J connectivity index is 2.26. The van der Waals surface area contributed by atoms with E-state index in [4.69, 9.17) is 0 Å². The maximum atomic E-state index is 4.64. The van der Waals surface area contributed by atoms with Gasteiger partial charge in [0.05, 0.1) is 11.9 Å². The number of aryl methyl sites for hydroxylation is 2. The minimum Gasteiger partial charge on any atom is -0.333 e. The average molecular weight is 212 g/mol. The van der Waals surface area contributed by atoms with Crippen LogP contribution in [0.15, 0.2) is 30.6 Å². The van der Waals surface area contributed by atoms with Crippen molar-refractivity contribution in [1.82, 2.24) is 19.7 Å². The van der Waals surface area contributed by atoms with Crippen molar-refractivity contribution in [2.75, 3.05) is 0 Å². The molecule has 0 aromatic carbocycles. The first-order valence-corrected chi connectivity index (χ1v) is 5.18. The fraction of sp³-hybridized carbons (Fsp3) is 0.167. The van der Waals surface area contributed by atoms with E-state index in [1.54, 1.807) is 6.20 Å². The normalized spacial score (nSPS) is 11.1. The van der Waals surface area contributed by atoms with E-state index in [2.05, 4.69) is 38.8 Å². The van der Waals surface area contributed by atoms with E-state index in [-0.39, 0.29) is 0 Å². The molecule has 0 saturated carbocycles. The van der Waals surface area contributed by atoms with Gasteiger partial charge in [0.2, 0.25) is 0 Å². The lowest BCUT2D eigenvalue weighted by molar-refractivity contribution is 0.902. The number of nitrogens with one attached hydrogen (secondary N) is 1. The average Bonchev–Trinajstić information content (AvgIpc) is 2.89. The summed E-state index contributed by atoms with van der Waals surface area (Å²) in [5, 5.41) is 7.91. The zero-order valence-electron chi connectivity index (χ0n) is 9.23. The van der Waals surface area contributed by atoms with Gasteiger partial charge in [-0.2, -0.15) is 5.10 Å². The Kier molecular flexibility index (Phi) is 1.83. The van der Waals surface area contributed by atoms with E-state index in [9.17, 15) is 0 Å². The first-order valence-electron chi connectivity index (χ1n) is 5.18. The molecule has 0 fully saturated rings. The molecule has 4 heteroatoms. The van der Waals surface area contributed by atoms with E-state index in [0.717, 1.165) is 16.9 Å². The van der Waals surface area contributed by atoms with Crippen LogP contribution in [-0.4, -0.2) is 19.7 Å². The van der Waals surface area contributed by atoms with E-state index < -0.39 is 0 Å². The van der Waals surface area contributed by atoms with Crippen LogP contribution in [0.25, 0.3) is 22.3 Å². The highest BCUT2D eigenvalue weighted by atomic mass is 15.1. The smallest absolute Gasteiger partial charge is 0.140 e. The monoisotopic (exact) mass is 212 g/mol. The zero-order valence-corrected chi connectivity index (χ0v) is 9.23. The summed E-state index contributed by atoms with van der Waals surface area (Å²) in [6, 6.07) is 6.26. The Morgan fingerprint density at radius 2 is 2.19 bits per heavy atom. The third-order valence-electron chi connectivity index (χ3n) is 2.91. The minimum atomic E-state index is 0.947. The van der Waals surface area contributed by atoms with Crippen molar-refractivity contribution in [3.05, 3.63) is 36.3 Å². The molecule has 3 aromatic rings. The third-order valence-corrected chi connectivity index (χ3v) is 2.91. The van der Waals surface area contributed by atoms with Crippen molar-refractivity contribution in [2.45, 2.75) is 6.92 Å². The summed E-state index contributed by atoms with van der Waals surface area (Å²) < 4.78 is 2.10. The van der Waals surface area contributed by atoms with Crippen LogP contribution >= 0.6 is 0 Å². The van der Waals surface area contributed by atoms with Crippen LogP contribution in [0, 0.1) is 6.92 Å². The SMILES string of the molecule is Cc1cc2ccc(-c3cn[nH]c3)nc2n1C. The highest BCUT2D eigenvalue weighted by Crippen LogP contribution is 2.21. The fourth-order valence-corrected chi connectivity index (χ4v) is 1.88. The van der Waals surface area contributed by atoms with E-state index >= 15 is 0 Å². The maximum Gasteiger partial charge on any atom is 0.140 e. The maximum absolute atomic E-state index is 4.64. The highest BCUT2D eigenvalue weighted by molar-refractivity contribution is 5.80. The summed E-state index contributed by atoms with van der Waals surface area (Å²) >= 11 is 0. The van der Waals surface area contributed by atoms with Gasteiger partial charge in [0.15, 0.2) is 0 Å². The van der Waals surface area contributed by atoms with Crippen molar-refractivity contribution in [3.8, 4) is 11.3 Å². The van der Waals surface area contributed by atoms with Crippen LogP contribution in [0.2, 0.25) is 0 Å². The van der Waals surface area contributed by atoms with Crippen LogP contribution in [0.5, 0.6) is 0 Å². The largest absolute Gasteiger partial charge is 0.333 e. The number of nitrogens with zero attached hydrogens (tertiary/aromatic N) is 3. The number of H-pyrrole nitrogens is 1. The third kappa shape index (κ3) is 1.23. The van der Waals surface area contributed by atoms with Crippen molar-refractivity contribution in [2.24, 2.45) is 7.05 Å². The Morgan fingerprint density at radius 1 is 1.31 bits per heavy atom. The van der Waals surface area contributed by atoms with Crippen LogP contribution in [0.3, 0.4) is 0 Å². The lowest BCUT2D eigenvalue weighted by Gasteiger charge is -2.00. The molecule has 0 aliphatic heterocycles. The molecule has 0 atom stereocenters. The van der Waals surface area contributed by atoms with Crippen LogP contribution in [0.4, 0.5) is 0 Å². The molecular formula is C12H12N4. The van der Waals surface area contributed by atoms with Crippen molar-refractivity contribution in [3.63, 3.8) is 0 Å². The number of hydrogen-bond donors (Lipinski definition) is 1. The Hall–Kier alpha value is -2.10. The molecule has 3 aromatic heterocycles. The molecule has 0 bridgehead atoms. The predicted octanol–water partition coefficient (Wildman–Crippen LogP) is 2.27. The van der Waals surface area contributed by atoms with Gasteiger partial charge < -0.3 is 4.57 Å². The van der Waals surface area contributed by atoms with E-state index in [1.807, 2.05) is 19.3 Å². The highest BCUT2D eigenvalue weighted by Gasteiger charge is 2.06. The summed E-state index contributed by atoms with van der Waals surface area (Å²) in [7, 11) is 2.03. The van der Waals surface area contributed by atoms with Gasteiger partial charge in [0, 0.05) is 29.9 Å². The first kappa shape index (κ1) is 9.15. The fourth-order valence-electron chi connectivity index (χ4n) is 1.88. The molecule has 0 radical (unpaired) electrons. The number of fused-ring (bicyclic) bond motifs is 1. The quantitative estimate of drug-likeness (QED) is 0.672. The van der Waals surface area contributed by atoms with Crippen molar-refractivity contribution < 1.29 is 0 Å². The van der Waals surface area contributed by atoms with Gasteiger partial charge in [-0.05, 0) is 25.1 Å². The van der Waals surface area contributed by atoms with Crippen molar-refractivity contribution >= 4 is 11.0 Å². The van der Waals surface area contributed by atoms with Crippen LogP contribution in [-0.2, 0) is 7.05 Å². The number of aromatic nitrogens is 4. The van der Waals surface area contributed by atoms with Crippen LogP contribution < -0.4 is 0 Å². The summed E-state index contributed by atoms with van der Waals surface area (Å²) in [5.74, 6) is 0. The van der Waals surface area contributed by atoms with Gasteiger partial charge in [0.25, 0.3) is 0 Å². The molecule has 0 unspecified atom stereocenters. The standard InChI is InChI=1S/C12H12N4/c1-8-5-9-3-4-11(10-6-13-14-7-10)15-12(9)16(8)2/h3-7H,1-2H3,(H,13,14). The molecule has 3 rings (SSSR count). The summed E-state index contributed by atoms with van der Waals surface area (Å²) in [4.78, 5) is 4.64. The Morgan fingerprint density at radius 3 is 2.94 bits per heavy atom. The molecule has 80 valence electrons. The van der Waals surface area contributed by atoms with Crippen LogP contribution in [0.1, 0.15) is 5.69 Å². The van der Waals surface area contributed by atoms with Gasteiger partial charge in [0.1, 0.15) is 5.65 Å². The van der Waals surface area contributed by atoms with E-state index in [0.29, 0.717) is 0 Å². The number of rotatable bonds is 1. The van der Waals surface area contributed by atoms with Gasteiger partial charge in [-0.3, -0.25) is 5.10 Å². The Bertz CT molecular complexity index is 634. The first-order chi connectivity index (χ1) is 7.75. The molecule has 0 amide bonds. The molecule has 0 spiro atoms. The molecule has 3 heterocycles. The lowest BCUT2D eigenvalue weighted by atomic mass is 10.2. The second kappa shape index (κ2) is 3.20. The second-order valence-electron chi connectivity index (χ2n) is 3.94. The van der Waals surface area contributed by atoms with Gasteiger partial charge in [-0.1, -0.05) is 0 Å². The molecule has 1 N–H and O–H groups in total. The number of pyridine rings is 1.